The summed E-state index contributed by atoms with van der Waals surface area (Å²) in [6.07, 6.45) is 1.43. The van der Waals surface area contributed by atoms with Gasteiger partial charge in [0.1, 0.15) is 0 Å². The Labute approximate surface area is 133 Å². The summed E-state index contributed by atoms with van der Waals surface area (Å²) >= 11 is 0. The van der Waals surface area contributed by atoms with Crippen LogP contribution in [0.3, 0.4) is 0 Å². The largest absolute Gasteiger partial charge is 0.365 e. The molecule has 1 N–H and O–H groups in total. The number of para-hydroxylation sites is 1. The smallest absolute Gasteiger partial charge is 0.269 e. The molecule has 0 atom stereocenters. The zero-order valence-corrected chi connectivity index (χ0v) is 12.5. The number of non-ortho nitro benzene ring substituents is 1. The third-order valence-corrected chi connectivity index (χ3v) is 3.08. The maximum Gasteiger partial charge on any atom is 0.269 e. The maximum absolute atomic E-state index is 11.8. The topological polar surface area (TPSA) is 87.8 Å². The average molecular weight is 312 g/mol. The lowest BCUT2D eigenvalue weighted by Crippen LogP contribution is -2.32. The standard InChI is InChI=1S/C16H16N4O3/c1-19(14-5-3-2-4-6-14)12-16(21)18-17-11-13-7-9-15(10-8-13)20(22)23/h2-11H,12H2,1H3,(H,18,21)/b17-11-. The van der Waals surface area contributed by atoms with Crippen LogP contribution in [-0.4, -0.2) is 30.6 Å². The van der Waals surface area contributed by atoms with Crippen LogP contribution in [0.2, 0.25) is 0 Å². The zero-order chi connectivity index (χ0) is 16.7. The Hall–Kier alpha value is -3.22. The van der Waals surface area contributed by atoms with E-state index >= 15 is 0 Å². The molecule has 0 aliphatic heterocycles. The number of hydrazone groups is 1. The number of benzene rings is 2. The molecule has 0 saturated heterocycles. The van der Waals surface area contributed by atoms with Gasteiger partial charge in [-0.25, -0.2) is 5.43 Å². The first-order valence-electron chi connectivity index (χ1n) is 6.89. The van der Waals surface area contributed by atoms with Crippen molar-refractivity contribution in [2.45, 2.75) is 0 Å². The van der Waals surface area contributed by atoms with Gasteiger partial charge in [-0.3, -0.25) is 14.9 Å². The van der Waals surface area contributed by atoms with Crippen LogP contribution in [0, 0.1) is 10.1 Å². The first kappa shape index (κ1) is 16.2. The van der Waals surface area contributed by atoms with Crippen molar-refractivity contribution < 1.29 is 9.72 Å². The molecule has 0 aromatic heterocycles. The summed E-state index contributed by atoms with van der Waals surface area (Å²) in [6, 6.07) is 15.4. The summed E-state index contributed by atoms with van der Waals surface area (Å²) in [7, 11) is 1.81. The number of carbonyl (C=O) groups excluding carboxylic acids is 1. The molecule has 0 bridgehead atoms. The van der Waals surface area contributed by atoms with E-state index in [1.165, 1.54) is 18.3 Å². The molecule has 0 spiro atoms. The van der Waals surface area contributed by atoms with Gasteiger partial charge in [-0.15, -0.1) is 0 Å². The van der Waals surface area contributed by atoms with Gasteiger partial charge in [0.15, 0.2) is 0 Å². The quantitative estimate of drug-likeness (QED) is 0.503. The molecule has 23 heavy (non-hydrogen) atoms. The number of anilines is 1. The Bertz CT molecular complexity index is 699. The highest BCUT2D eigenvalue weighted by Crippen LogP contribution is 2.11. The van der Waals surface area contributed by atoms with Gasteiger partial charge in [0.2, 0.25) is 0 Å². The molecular weight excluding hydrogens is 296 g/mol. The van der Waals surface area contributed by atoms with Gasteiger partial charge >= 0.3 is 0 Å². The molecule has 1 amide bonds. The predicted octanol–water partition coefficient (Wildman–Crippen LogP) is 2.18. The van der Waals surface area contributed by atoms with E-state index in [2.05, 4.69) is 10.5 Å². The lowest BCUT2D eigenvalue weighted by Gasteiger charge is -2.17. The van der Waals surface area contributed by atoms with Crippen molar-refractivity contribution >= 4 is 23.5 Å². The first-order valence-corrected chi connectivity index (χ1v) is 6.89. The van der Waals surface area contributed by atoms with E-state index in [9.17, 15) is 14.9 Å². The van der Waals surface area contributed by atoms with Gasteiger partial charge < -0.3 is 4.90 Å². The van der Waals surface area contributed by atoms with E-state index < -0.39 is 4.92 Å². The van der Waals surface area contributed by atoms with Gasteiger partial charge in [-0.2, -0.15) is 5.10 Å². The summed E-state index contributed by atoms with van der Waals surface area (Å²) in [5, 5.41) is 14.4. The molecule has 0 aliphatic carbocycles. The molecule has 7 heteroatoms. The fraction of sp³-hybridized carbons (Fsp3) is 0.125. The number of rotatable bonds is 6. The van der Waals surface area contributed by atoms with E-state index in [-0.39, 0.29) is 18.1 Å². The van der Waals surface area contributed by atoms with E-state index in [1.807, 2.05) is 37.4 Å². The Morgan fingerprint density at radius 2 is 1.87 bits per heavy atom. The highest BCUT2D eigenvalue weighted by molar-refractivity contribution is 5.84. The third kappa shape index (κ3) is 4.92. The SMILES string of the molecule is CN(CC(=O)N/N=C\c1ccc([N+](=O)[O-])cc1)c1ccccc1. The number of likely N-dealkylation sites (N-methyl/N-ethyl adjacent to an activating group) is 1. The van der Waals surface area contributed by atoms with Gasteiger partial charge in [0.25, 0.3) is 11.6 Å². The van der Waals surface area contributed by atoms with Crippen molar-refractivity contribution in [3.63, 3.8) is 0 Å². The predicted molar refractivity (Wildman–Crippen MR) is 88.5 cm³/mol. The molecular formula is C16H16N4O3. The van der Waals surface area contributed by atoms with Crippen molar-refractivity contribution in [2.75, 3.05) is 18.5 Å². The molecule has 0 heterocycles. The third-order valence-electron chi connectivity index (χ3n) is 3.08. The van der Waals surface area contributed by atoms with E-state index in [0.29, 0.717) is 5.56 Å². The molecule has 118 valence electrons. The molecule has 0 radical (unpaired) electrons. The average Bonchev–Trinajstić information content (AvgIpc) is 2.56. The minimum Gasteiger partial charge on any atom is -0.365 e. The highest BCUT2D eigenvalue weighted by Gasteiger charge is 2.06. The van der Waals surface area contributed by atoms with Crippen LogP contribution in [0.1, 0.15) is 5.56 Å². The number of amides is 1. The highest BCUT2D eigenvalue weighted by atomic mass is 16.6. The lowest BCUT2D eigenvalue weighted by atomic mass is 10.2. The van der Waals surface area contributed by atoms with Crippen molar-refractivity contribution in [1.29, 1.82) is 0 Å². The van der Waals surface area contributed by atoms with Crippen molar-refractivity contribution in [2.24, 2.45) is 5.10 Å². The second-order valence-corrected chi connectivity index (χ2v) is 4.83. The number of nitrogens with one attached hydrogen (secondary N) is 1. The van der Waals surface area contributed by atoms with E-state index in [0.717, 1.165) is 5.69 Å². The molecule has 0 aliphatic rings. The monoisotopic (exact) mass is 312 g/mol. The number of nitro groups is 1. The number of hydrogen-bond donors (Lipinski definition) is 1. The number of hydrogen-bond acceptors (Lipinski definition) is 5. The summed E-state index contributed by atoms with van der Waals surface area (Å²) < 4.78 is 0. The van der Waals surface area contributed by atoms with Crippen LogP contribution in [0.4, 0.5) is 11.4 Å². The second kappa shape index (κ2) is 7.69. The fourth-order valence-electron chi connectivity index (χ4n) is 1.89. The number of nitrogens with zero attached hydrogens (tertiary/aromatic N) is 3. The molecule has 0 fully saturated rings. The Morgan fingerprint density at radius 1 is 1.22 bits per heavy atom. The number of nitro benzene ring substituents is 1. The minimum atomic E-state index is -0.470. The van der Waals surface area contributed by atoms with Crippen molar-refractivity contribution in [1.82, 2.24) is 5.43 Å². The zero-order valence-electron chi connectivity index (χ0n) is 12.5. The molecule has 0 saturated carbocycles. The summed E-state index contributed by atoms with van der Waals surface area (Å²) in [5.41, 5.74) is 4.03. The Morgan fingerprint density at radius 3 is 2.48 bits per heavy atom. The van der Waals surface area contributed by atoms with E-state index in [1.54, 1.807) is 17.0 Å². The molecule has 2 aromatic rings. The van der Waals surface area contributed by atoms with Crippen molar-refractivity contribution in [3.05, 3.63) is 70.3 Å². The second-order valence-electron chi connectivity index (χ2n) is 4.83. The van der Waals surface area contributed by atoms with Gasteiger partial charge in [0, 0.05) is 24.9 Å². The number of carbonyl (C=O) groups is 1. The maximum atomic E-state index is 11.8. The molecule has 0 unspecified atom stereocenters. The van der Waals surface area contributed by atoms with E-state index in [4.69, 9.17) is 0 Å². The molecule has 7 nitrogen and oxygen atoms in total. The summed E-state index contributed by atoms with van der Waals surface area (Å²) in [5.74, 6) is -0.255. The first-order chi connectivity index (χ1) is 11.1. The van der Waals surface area contributed by atoms with Crippen molar-refractivity contribution in [3.8, 4) is 0 Å². The van der Waals surface area contributed by atoms with Crippen LogP contribution in [-0.2, 0) is 4.79 Å². The van der Waals surface area contributed by atoms with Gasteiger partial charge in [0.05, 0.1) is 17.7 Å². The van der Waals surface area contributed by atoms with Crippen LogP contribution in [0.5, 0.6) is 0 Å². The normalized spacial score (nSPS) is 10.5. The lowest BCUT2D eigenvalue weighted by molar-refractivity contribution is -0.384. The van der Waals surface area contributed by atoms with Crippen LogP contribution < -0.4 is 10.3 Å². The van der Waals surface area contributed by atoms with Gasteiger partial charge in [-0.05, 0) is 29.8 Å². The fourth-order valence-corrected chi connectivity index (χ4v) is 1.89. The van der Waals surface area contributed by atoms with Crippen LogP contribution in [0.15, 0.2) is 59.7 Å². The van der Waals surface area contributed by atoms with Crippen LogP contribution >= 0.6 is 0 Å². The Kier molecular flexibility index (Phi) is 5.40. The molecule has 2 rings (SSSR count). The Balaban J connectivity index is 1.85. The summed E-state index contributed by atoms with van der Waals surface area (Å²) in [6.45, 7) is 0.168. The minimum absolute atomic E-state index is 0.00988. The summed E-state index contributed by atoms with van der Waals surface area (Å²) in [4.78, 5) is 23.7. The molecule has 2 aromatic carbocycles. The van der Waals surface area contributed by atoms with Crippen LogP contribution in [0.25, 0.3) is 0 Å². The van der Waals surface area contributed by atoms with Gasteiger partial charge in [-0.1, -0.05) is 18.2 Å².